The van der Waals surface area contributed by atoms with Crippen molar-refractivity contribution in [1.82, 2.24) is 4.90 Å². The summed E-state index contributed by atoms with van der Waals surface area (Å²) in [6.45, 7) is 3.96. The summed E-state index contributed by atoms with van der Waals surface area (Å²) < 4.78 is 0. The minimum absolute atomic E-state index is 0.0607. The molecule has 3 atom stereocenters. The van der Waals surface area contributed by atoms with Crippen LogP contribution >= 0.6 is 11.6 Å². The Bertz CT molecular complexity index is 604. The summed E-state index contributed by atoms with van der Waals surface area (Å²) in [6.07, 6.45) is 1.42. The van der Waals surface area contributed by atoms with E-state index in [0.29, 0.717) is 30.5 Å². The smallest absolute Gasteiger partial charge is 0.307 e. The van der Waals surface area contributed by atoms with E-state index in [-0.39, 0.29) is 17.9 Å². The first-order valence-electron chi connectivity index (χ1n) is 7.99. The molecule has 1 aromatic carbocycles. The van der Waals surface area contributed by atoms with Crippen molar-refractivity contribution in [1.29, 1.82) is 0 Å². The first kappa shape index (κ1) is 16.3. The Labute approximate surface area is 140 Å². The van der Waals surface area contributed by atoms with Crippen molar-refractivity contribution in [3.8, 4) is 0 Å². The molecule has 0 spiro atoms. The normalized spacial score (nSPS) is 29.0. The number of nitrogens with zero attached hydrogens (tertiary/aromatic N) is 2. The van der Waals surface area contributed by atoms with E-state index in [1.807, 2.05) is 12.1 Å². The van der Waals surface area contributed by atoms with Crippen LogP contribution in [0.3, 0.4) is 0 Å². The molecule has 1 amide bonds. The van der Waals surface area contributed by atoms with E-state index in [0.717, 1.165) is 18.7 Å². The number of benzene rings is 1. The number of aliphatic carboxylic acids is 1. The lowest BCUT2D eigenvalue weighted by Gasteiger charge is -2.37. The Morgan fingerprint density at radius 3 is 2.61 bits per heavy atom. The summed E-state index contributed by atoms with van der Waals surface area (Å²) >= 11 is 5.90. The molecule has 2 saturated heterocycles. The molecule has 3 unspecified atom stereocenters. The lowest BCUT2D eigenvalue weighted by molar-refractivity contribution is -0.145. The minimum Gasteiger partial charge on any atom is -0.481 e. The van der Waals surface area contributed by atoms with Crippen molar-refractivity contribution in [2.45, 2.75) is 25.8 Å². The summed E-state index contributed by atoms with van der Waals surface area (Å²) in [6, 6.07) is 7.04. The lowest BCUT2D eigenvalue weighted by atomic mass is 9.89. The van der Waals surface area contributed by atoms with Crippen LogP contribution in [-0.4, -0.2) is 47.6 Å². The molecule has 6 heteroatoms. The number of piperidine rings is 1. The van der Waals surface area contributed by atoms with Crippen LogP contribution in [0.15, 0.2) is 24.3 Å². The fraction of sp³-hybridized carbons (Fsp3) is 0.529. The zero-order chi connectivity index (χ0) is 16.6. The Morgan fingerprint density at radius 2 is 1.96 bits per heavy atom. The molecule has 0 bridgehead atoms. The number of carboxylic acids is 1. The standard InChI is InChI=1S/C17H21ClN2O3/c1-11-8-12(17(22)23)10-19(9-11)15-6-7-20(16(15)21)14-4-2-13(18)3-5-14/h2-5,11-12,15H,6-10H2,1H3,(H,22,23). The highest BCUT2D eigenvalue weighted by Crippen LogP contribution is 2.30. The van der Waals surface area contributed by atoms with Crippen LogP contribution in [0.2, 0.25) is 5.02 Å². The van der Waals surface area contributed by atoms with Crippen LogP contribution < -0.4 is 4.90 Å². The molecule has 0 radical (unpaired) electrons. The van der Waals surface area contributed by atoms with Gasteiger partial charge in [0, 0.05) is 30.3 Å². The maximum absolute atomic E-state index is 12.8. The van der Waals surface area contributed by atoms with Gasteiger partial charge in [0.2, 0.25) is 5.91 Å². The lowest BCUT2D eigenvalue weighted by Crippen LogP contribution is -2.50. The van der Waals surface area contributed by atoms with E-state index < -0.39 is 5.97 Å². The number of carboxylic acid groups (broad SMARTS) is 1. The van der Waals surface area contributed by atoms with E-state index in [1.165, 1.54) is 0 Å². The van der Waals surface area contributed by atoms with Gasteiger partial charge in [-0.2, -0.15) is 0 Å². The molecule has 1 N–H and O–H groups in total. The van der Waals surface area contributed by atoms with Crippen molar-refractivity contribution in [3.63, 3.8) is 0 Å². The predicted octanol–water partition coefficient (Wildman–Crippen LogP) is 2.49. The molecule has 0 aliphatic carbocycles. The topological polar surface area (TPSA) is 60.9 Å². The molecule has 0 aromatic heterocycles. The van der Waals surface area contributed by atoms with Crippen LogP contribution in [0.1, 0.15) is 19.8 Å². The zero-order valence-electron chi connectivity index (χ0n) is 13.1. The molecular formula is C17H21ClN2O3. The Hall–Kier alpha value is -1.59. The summed E-state index contributed by atoms with van der Waals surface area (Å²) in [5.41, 5.74) is 0.849. The fourth-order valence-corrected chi connectivity index (χ4v) is 3.83. The number of hydrogen-bond acceptors (Lipinski definition) is 3. The number of carbonyl (C=O) groups excluding carboxylic acids is 1. The fourth-order valence-electron chi connectivity index (χ4n) is 3.71. The van der Waals surface area contributed by atoms with Crippen LogP contribution in [0, 0.1) is 11.8 Å². The number of hydrogen-bond donors (Lipinski definition) is 1. The third-order valence-corrected chi connectivity index (χ3v) is 5.05. The molecular weight excluding hydrogens is 316 g/mol. The van der Waals surface area contributed by atoms with Gasteiger partial charge in [0.15, 0.2) is 0 Å². The highest BCUT2D eigenvalue weighted by Gasteiger charge is 2.40. The highest BCUT2D eigenvalue weighted by atomic mass is 35.5. The first-order valence-corrected chi connectivity index (χ1v) is 8.37. The van der Waals surface area contributed by atoms with E-state index in [4.69, 9.17) is 11.6 Å². The molecule has 2 aliphatic heterocycles. The number of anilines is 1. The third kappa shape index (κ3) is 3.35. The van der Waals surface area contributed by atoms with Crippen molar-refractivity contribution in [2.75, 3.05) is 24.5 Å². The maximum atomic E-state index is 12.8. The second-order valence-corrected chi connectivity index (χ2v) is 7.04. The quantitative estimate of drug-likeness (QED) is 0.921. The summed E-state index contributed by atoms with van der Waals surface area (Å²) in [7, 11) is 0. The summed E-state index contributed by atoms with van der Waals surface area (Å²) in [4.78, 5) is 27.9. The molecule has 2 heterocycles. The van der Waals surface area contributed by atoms with E-state index in [1.54, 1.807) is 17.0 Å². The van der Waals surface area contributed by atoms with Crippen molar-refractivity contribution < 1.29 is 14.7 Å². The van der Waals surface area contributed by atoms with Gasteiger partial charge in [0.25, 0.3) is 0 Å². The van der Waals surface area contributed by atoms with Crippen LogP contribution in [0.5, 0.6) is 0 Å². The predicted molar refractivity (Wildman–Crippen MR) is 88.7 cm³/mol. The number of rotatable bonds is 3. The molecule has 124 valence electrons. The largest absolute Gasteiger partial charge is 0.481 e. The van der Waals surface area contributed by atoms with Gasteiger partial charge in [-0.3, -0.25) is 14.5 Å². The number of likely N-dealkylation sites (tertiary alicyclic amines) is 1. The van der Waals surface area contributed by atoms with Gasteiger partial charge in [0.05, 0.1) is 12.0 Å². The van der Waals surface area contributed by atoms with Gasteiger partial charge in [0.1, 0.15) is 0 Å². The second-order valence-electron chi connectivity index (χ2n) is 6.60. The summed E-state index contributed by atoms with van der Waals surface area (Å²) in [5, 5.41) is 9.95. The zero-order valence-corrected chi connectivity index (χ0v) is 13.9. The average Bonchev–Trinajstić information content (AvgIpc) is 2.89. The molecule has 1 aromatic rings. The van der Waals surface area contributed by atoms with Crippen LogP contribution in [-0.2, 0) is 9.59 Å². The second kappa shape index (κ2) is 6.49. The van der Waals surface area contributed by atoms with Gasteiger partial charge in [-0.25, -0.2) is 0 Å². The van der Waals surface area contributed by atoms with Gasteiger partial charge >= 0.3 is 5.97 Å². The number of amides is 1. The van der Waals surface area contributed by atoms with E-state index in [9.17, 15) is 14.7 Å². The van der Waals surface area contributed by atoms with E-state index >= 15 is 0 Å². The Balaban J connectivity index is 1.73. The van der Waals surface area contributed by atoms with Gasteiger partial charge in [-0.1, -0.05) is 18.5 Å². The van der Waals surface area contributed by atoms with Gasteiger partial charge in [-0.05, 0) is 43.0 Å². The Morgan fingerprint density at radius 1 is 1.26 bits per heavy atom. The molecule has 3 rings (SSSR count). The molecule has 5 nitrogen and oxygen atoms in total. The van der Waals surface area contributed by atoms with Crippen molar-refractivity contribution in [3.05, 3.63) is 29.3 Å². The van der Waals surface area contributed by atoms with Gasteiger partial charge < -0.3 is 10.0 Å². The number of carbonyl (C=O) groups is 2. The van der Waals surface area contributed by atoms with Crippen LogP contribution in [0.4, 0.5) is 5.69 Å². The molecule has 2 fully saturated rings. The van der Waals surface area contributed by atoms with E-state index in [2.05, 4.69) is 11.8 Å². The molecule has 2 aliphatic rings. The monoisotopic (exact) mass is 336 g/mol. The average molecular weight is 337 g/mol. The van der Waals surface area contributed by atoms with Crippen molar-refractivity contribution >= 4 is 29.2 Å². The summed E-state index contributed by atoms with van der Waals surface area (Å²) in [5.74, 6) is -0.787. The SMILES string of the molecule is CC1CC(C(=O)O)CN(C2CCN(c3ccc(Cl)cc3)C2=O)C1. The first-order chi connectivity index (χ1) is 11.0. The number of halogens is 1. The Kier molecular flexibility index (Phi) is 4.60. The van der Waals surface area contributed by atoms with Gasteiger partial charge in [-0.15, -0.1) is 0 Å². The molecule has 23 heavy (non-hydrogen) atoms. The van der Waals surface area contributed by atoms with Crippen molar-refractivity contribution in [2.24, 2.45) is 11.8 Å². The minimum atomic E-state index is -0.762. The highest BCUT2D eigenvalue weighted by molar-refractivity contribution is 6.30. The third-order valence-electron chi connectivity index (χ3n) is 4.79. The van der Waals surface area contributed by atoms with Crippen LogP contribution in [0.25, 0.3) is 0 Å². The molecule has 0 saturated carbocycles. The maximum Gasteiger partial charge on any atom is 0.307 e.